The third-order valence-electron chi connectivity index (χ3n) is 2.46. The number of aryl methyl sites for hydroxylation is 1. The lowest BCUT2D eigenvalue weighted by Crippen LogP contribution is -2.38. The van der Waals surface area contributed by atoms with E-state index >= 15 is 0 Å². The van der Waals surface area contributed by atoms with E-state index in [1.807, 2.05) is 19.2 Å². The first-order valence-corrected chi connectivity index (χ1v) is 7.43. The van der Waals surface area contributed by atoms with Crippen molar-refractivity contribution in [3.05, 3.63) is 16.1 Å². The minimum Gasteiger partial charge on any atom is -0.394 e. The number of thioether (sulfide) groups is 1. The molecule has 17 heavy (non-hydrogen) atoms. The molecule has 1 heterocycles. The van der Waals surface area contributed by atoms with Crippen LogP contribution in [-0.2, 0) is 10.5 Å². The summed E-state index contributed by atoms with van der Waals surface area (Å²) in [5.41, 5.74) is 1.03. The molecule has 0 fully saturated rings. The van der Waals surface area contributed by atoms with Gasteiger partial charge in [-0.2, -0.15) is 0 Å². The summed E-state index contributed by atoms with van der Waals surface area (Å²) >= 11 is 3.18. The standard InChI is InChI=1S/C11H18N2O2S2/c1-8(4-14)13(3)11(15)7-16-5-10-6-17-9(2)12-10/h6,8,14H,4-5,7H2,1-3H3. The molecule has 0 aliphatic heterocycles. The van der Waals surface area contributed by atoms with Crippen LogP contribution in [-0.4, -0.2) is 46.3 Å². The monoisotopic (exact) mass is 274 g/mol. The van der Waals surface area contributed by atoms with Crippen molar-refractivity contribution in [1.29, 1.82) is 0 Å². The normalized spacial score (nSPS) is 12.5. The number of aliphatic hydroxyl groups excluding tert-OH is 1. The fourth-order valence-corrected chi connectivity index (χ4v) is 2.74. The van der Waals surface area contributed by atoms with Crippen LogP contribution in [0.2, 0.25) is 0 Å². The average Bonchev–Trinajstić information content (AvgIpc) is 2.72. The molecule has 0 aromatic carbocycles. The molecule has 96 valence electrons. The predicted octanol–water partition coefficient (Wildman–Crippen LogP) is 1.52. The number of hydrogen-bond donors (Lipinski definition) is 1. The molecule has 0 aliphatic rings. The van der Waals surface area contributed by atoms with Crippen LogP contribution in [0.15, 0.2) is 5.38 Å². The van der Waals surface area contributed by atoms with Gasteiger partial charge in [-0.3, -0.25) is 4.79 Å². The van der Waals surface area contributed by atoms with Gasteiger partial charge in [0.25, 0.3) is 0 Å². The van der Waals surface area contributed by atoms with Gasteiger partial charge in [0.1, 0.15) is 0 Å². The molecule has 0 aliphatic carbocycles. The lowest BCUT2D eigenvalue weighted by molar-refractivity contribution is -0.129. The number of carbonyl (C=O) groups is 1. The highest BCUT2D eigenvalue weighted by molar-refractivity contribution is 7.99. The largest absolute Gasteiger partial charge is 0.394 e. The van der Waals surface area contributed by atoms with Crippen LogP contribution in [0.3, 0.4) is 0 Å². The van der Waals surface area contributed by atoms with Crippen LogP contribution in [0.25, 0.3) is 0 Å². The van der Waals surface area contributed by atoms with Crippen molar-refractivity contribution < 1.29 is 9.90 Å². The van der Waals surface area contributed by atoms with Crippen LogP contribution in [0, 0.1) is 6.92 Å². The summed E-state index contributed by atoms with van der Waals surface area (Å²) in [6, 6.07) is -0.121. The fourth-order valence-electron chi connectivity index (χ4n) is 1.19. The third kappa shape index (κ3) is 4.65. The Balaban J connectivity index is 2.29. The van der Waals surface area contributed by atoms with Crippen molar-refractivity contribution >= 4 is 29.0 Å². The first kappa shape index (κ1) is 14.5. The minimum absolute atomic E-state index is 0.00180. The summed E-state index contributed by atoms with van der Waals surface area (Å²) in [6.07, 6.45) is 0. The van der Waals surface area contributed by atoms with E-state index in [-0.39, 0.29) is 18.6 Å². The van der Waals surface area contributed by atoms with Crippen molar-refractivity contribution in [1.82, 2.24) is 9.88 Å². The number of carbonyl (C=O) groups excluding carboxylic acids is 1. The van der Waals surface area contributed by atoms with Crippen LogP contribution < -0.4 is 0 Å². The Morgan fingerprint density at radius 3 is 2.94 bits per heavy atom. The molecule has 1 atom stereocenters. The molecule has 0 saturated carbocycles. The molecule has 6 heteroatoms. The van der Waals surface area contributed by atoms with Crippen molar-refractivity contribution in [3.8, 4) is 0 Å². The Morgan fingerprint density at radius 2 is 2.41 bits per heavy atom. The Morgan fingerprint density at radius 1 is 1.71 bits per heavy atom. The number of hydrogen-bond acceptors (Lipinski definition) is 5. The number of thiazole rings is 1. The van der Waals surface area contributed by atoms with E-state index in [9.17, 15) is 4.79 Å². The quantitative estimate of drug-likeness (QED) is 0.854. The molecular formula is C11H18N2O2S2. The van der Waals surface area contributed by atoms with E-state index < -0.39 is 0 Å². The molecule has 1 aromatic heterocycles. The molecule has 1 unspecified atom stereocenters. The maximum absolute atomic E-state index is 11.7. The molecule has 1 N–H and O–H groups in total. The van der Waals surface area contributed by atoms with Crippen molar-refractivity contribution in [2.24, 2.45) is 0 Å². The number of nitrogens with zero attached hydrogens (tertiary/aromatic N) is 2. The maximum Gasteiger partial charge on any atom is 0.232 e. The van der Waals surface area contributed by atoms with E-state index in [1.54, 1.807) is 35.0 Å². The molecule has 0 saturated heterocycles. The minimum atomic E-state index is -0.121. The lowest BCUT2D eigenvalue weighted by Gasteiger charge is -2.22. The third-order valence-corrected chi connectivity index (χ3v) is 4.23. The highest BCUT2D eigenvalue weighted by Crippen LogP contribution is 2.15. The van der Waals surface area contributed by atoms with Gasteiger partial charge in [0, 0.05) is 18.2 Å². The van der Waals surface area contributed by atoms with Gasteiger partial charge in [0.2, 0.25) is 5.91 Å². The van der Waals surface area contributed by atoms with E-state index in [2.05, 4.69) is 4.98 Å². The zero-order valence-corrected chi connectivity index (χ0v) is 12.0. The van der Waals surface area contributed by atoms with Gasteiger partial charge in [-0.05, 0) is 13.8 Å². The van der Waals surface area contributed by atoms with Gasteiger partial charge in [0.05, 0.1) is 29.1 Å². The Hall–Kier alpha value is -0.590. The topological polar surface area (TPSA) is 53.4 Å². The lowest BCUT2D eigenvalue weighted by atomic mass is 10.3. The smallest absolute Gasteiger partial charge is 0.232 e. The summed E-state index contributed by atoms with van der Waals surface area (Å²) < 4.78 is 0. The van der Waals surface area contributed by atoms with Crippen molar-refractivity contribution in [3.63, 3.8) is 0 Å². The molecular weight excluding hydrogens is 256 g/mol. The van der Waals surface area contributed by atoms with E-state index in [0.717, 1.165) is 16.5 Å². The molecule has 0 radical (unpaired) electrons. The van der Waals surface area contributed by atoms with Gasteiger partial charge < -0.3 is 10.0 Å². The number of aliphatic hydroxyl groups is 1. The zero-order valence-electron chi connectivity index (χ0n) is 10.3. The van der Waals surface area contributed by atoms with Gasteiger partial charge in [-0.25, -0.2) is 4.98 Å². The van der Waals surface area contributed by atoms with Gasteiger partial charge in [-0.15, -0.1) is 23.1 Å². The summed E-state index contributed by atoms with van der Waals surface area (Å²) in [5, 5.41) is 12.0. The second-order valence-electron chi connectivity index (χ2n) is 3.89. The van der Waals surface area contributed by atoms with E-state index in [0.29, 0.717) is 5.75 Å². The zero-order chi connectivity index (χ0) is 12.8. The van der Waals surface area contributed by atoms with Gasteiger partial charge in [0.15, 0.2) is 0 Å². The van der Waals surface area contributed by atoms with E-state index in [4.69, 9.17) is 5.11 Å². The summed E-state index contributed by atoms with van der Waals surface area (Å²) in [4.78, 5) is 17.6. The first-order valence-electron chi connectivity index (χ1n) is 5.40. The van der Waals surface area contributed by atoms with Crippen LogP contribution in [0.5, 0.6) is 0 Å². The second kappa shape index (κ2) is 6.98. The maximum atomic E-state index is 11.7. The summed E-state index contributed by atoms with van der Waals surface area (Å²) in [5.74, 6) is 1.23. The number of aromatic nitrogens is 1. The number of rotatable bonds is 6. The molecule has 1 aromatic rings. The highest BCUT2D eigenvalue weighted by Gasteiger charge is 2.14. The second-order valence-corrected chi connectivity index (χ2v) is 5.93. The molecule has 0 bridgehead atoms. The van der Waals surface area contributed by atoms with Crippen LogP contribution in [0.1, 0.15) is 17.6 Å². The van der Waals surface area contributed by atoms with Crippen LogP contribution >= 0.6 is 23.1 Å². The summed E-state index contributed by atoms with van der Waals surface area (Å²) in [7, 11) is 1.72. The van der Waals surface area contributed by atoms with E-state index in [1.165, 1.54) is 0 Å². The average molecular weight is 274 g/mol. The molecule has 1 rings (SSSR count). The molecule has 0 spiro atoms. The Bertz CT molecular complexity index is 368. The summed E-state index contributed by atoms with van der Waals surface area (Å²) in [6.45, 7) is 3.80. The molecule has 4 nitrogen and oxygen atoms in total. The Labute approximate surface area is 110 Å². The van der Waals surface area contributed by atoms with Crippen molar-refractivity contribution in [2.45, 2.75) is 25.6 Å². The van der Waals surface area contributed by atoms with Crippen molar-refractivity contribution in [2.75, 3.05) is 19.4 Å². The Kier molecular flexibility index (Phi) is 5.94. The molecule has 1 amide bonds. The van der Waals surface area contributed by atoms with Crippen LogP contribution in [0.4, 0.5) is 0 Å². The van der Waals surface area contributed by atoms with Gasteiger partial charge >= 0.3 is 0 Å². The first-order chi connectivity index (χ1) is 8.04. The SMILES string of the molecule is Cc1nc(CSCC(=O)N(C)C(C)CO)cs1. The van der Waals surface area contributed by atoms with Gasteiger partial charge in [-0.1, -0.05) is 0 Å². The number of amides is 1. The highest BCUT2D eigenvalue weighted by atomic mass is 32.2. The predicted molar refractivity (Wildman–Crippen MR) is 72.3 cm³/mol. The number of likely N-dealkylation sites (N-methyl/N-ethyl adjacent to an activating group) is 1. The fraction of sp³-hybridized carbons (Fsp3) is 0.636.